The Balaban J connectivity index is 1.68. The predicted molar refractivity (Wildman–Crippen MR) is 98.5 cm³/mol. The molecule has 1 aromatic carbocycles. The van der Waals surface area contributed by atoms with Crippen LogP contribution in [0.3, 0.4) is 0 Å². The molecule has 0 saturated carbocycles. The lowest BCUT2D eigenvalue weighted by Crippen LogP contribution is -2.25. The summed E-state index contributed by atoms with van der Waals surface area (Å²) >= 11 is 1.30. The number of hydrazone groups is 1. The van der Waals surface area contributed by atoms with Crippen LogP contribution >= 0.6 is 11.8 Å². The molecule has 0 N–H and O–H groups in total. The molecule has 0 aliphatic carbocycles. The summed E-state index contributed by atoms with van der Waals surface area (Å²) in [5.74, 6) is 0.150. The third-order valence-corrected chi connectivity index (χ3v) is 4.91. The van der Waals surface area contributed by atoms with Gasteiger partial charge in [-0.1, -0.05) is 42.1 Å². The van der Waals surface area contributed by atoms with E-state index in [4.69, 9.17) is 0 Å². The van der Waals surface area contributed by atoms with Crippen molar-refractivity contribution in [2.45, 2.75) is 25.3 Å². The van der Waals surface area contributed by atoms with E-state index in [1.807, 2.05) is 50.2 Å². The maximum Gasteiger partial charge on any atom is 0.253 e. The van der Waals surface area contributed by atoms with Crippen LogP contribution in [0.4, 0.5) is 0 Å². The summed E-state index contributed by atoms with van der Waals surface area (Å²) in [5, 5.41) is 15.9. The molecule has 0 unspecified atom stereocenters. The number of pyridine rings is 1. The largest absolute Gasteiger partial charge is 0.272 e. The Hall–Kier alpha value is -2.65. The van der Waals surface area contributed by atoms with Gasteiger partial charge in [0.15, 0.2) is 0 Å². The van der Waals surface area contributed by atoms with Gasteiger partial charge in [0.05, 0.1) is 23.6 Å². The van der Waals surface area contributed by atoms with Crippen LogP contribution in [0.5, 0.6) is 0 Å². The second-order valence-electron chi connectivity index (χ2n) is 5.84. The number of hydrogen-bond acceptors (Lipinski definition) is 5. The first-order valence-corrected chi connectivity index (χ1v) is 9.01. The minimum atomic E-state index is -0.0687. The monoisotopic (exact) mass is 350 g/mol. The summed E-state index contributed by atoms with van der Waals surface area (Å²) in [6.45, 7) is 4.36. The predicted octanol–water partition coefficient (Wildman–Crippen LogP) is 3.30. The lowest BCUT2D eigenvalue weighted by molar-refractivity contribution is -0.127. The van der Waals surface area contributed by atoms with E-state index in [1.54, 1.807) is 0 Å². The van der Waals surface area contributed by atoms with E-state index in [1.165, 1.54) is 16.8 Å². The molecule has 0 spiro atoms. The van der Waals surface area contributed by atoms with Crippen LogP contribution in [0, 0.1) is 25.2 Å². The van der Waals surface area contributed by atoms with Crippen molar-refractivity contribution >= 4 is 23.4 Å². The molecule has 0 bridgehead atoms. The number of amides is 1. The van der Waals surface area contributed by atoms with Crippen LogP contribution in [0.15, 0.2) is 46.5 Å². The summed E-state index contributed by atoms with van der Waals surface area (Å²) in [5.41, 5.74) is 4.25. The van der Waals surface area contributed by atoms with Crippen LogP contribution in [-0.4, -0.2) is 33.9 Å². The molecule has 0 saturated heterocycles. The third kappa shape index (κ3) is 3.89. The van der Waals surface area contributed by atoms with Crippen LogP contribution in [0.1, 0.15) is 28.8 Å². The molecule has 0 fully saturated rings. The first-order valence-electron chi connectivity index (χ1n) is 8.03. The summed E-state index contributed by atoms with van der Waals surface area (Å²) in [6, 6.07) is 13.9. The molecule has 1 amide bonds. The second-order valence-corrected chi connectivity index (χ2v) is 6.80. The van der Waals surface area contributed by atoms with Crippen LogP contribution in [0.25, 0.3) is 0 Å². The lowest BCUT2D eigenvalue weighted by atomic mass is 10.1. The van der Waals surface area contributed by atoms with Crippen molar-refractivity contribution in [3.05, 3.63) is 58.8 Å². The van der Waals surface area contributed by atoms with Gasteiger partial charge in [-0.3, -0.25) is 4.79 Å². The Kier molecular flexibility index (Phi) is 5.15. The zero-order valence-corrected chi connectivity index (χ0v) is 15.0. The zero-order chi connectivity index (χ0) is 17.8. The summed E-state index contributed by atoms with van der Waals surface area (Å²) in [6.07, 6.45) is 0.756. The van der Waals surface area contributed by atoms with Crippen LogP contribution in [-0.2, 0) is 4.79 Å². The number of carbonyl (C=O) groups excluding carboxylic acids is 1. The van der Waals surface area contributed by atoms with E-state index in [9.17, 15) is 10.1 Å². The van der Waals surface area contributed by atoms with Gasteiger partial charge in [0.2, 0.25) is 0 Å². The molecular weight excluding hydrogens is 332 g/mol. The van der Waals surface area contributed by atoms with Crippen molar-refractivity contribution in [2.24, 2.45) is 5.10 Å². The van der Waals surface area contributed by atoms with E-state index in [-0.39, 0.29) is 11.7 Å². The molecule has 25 heavy (non-hydrogen) atoms. The normalized spacial score (nSPS) is 13.5. The van der Waals surface area contributed by atoms with Gasteiger partial charge in [-0.25, -0.2) is 9.99 Å². The van der Waals surface area contributed by atoms with E-state index < -0.39 is 0 Å². The van der Waals surface area contributed by atoms with Gasteiger partial charge in [0.1, 0.15) is 11.1 Å². The number of aromatic nitrogens is 1. The molecule has 5 nitrogen and oxygen atoms in total. The molecule has 6 heteroatoms. The van der Waals surface area contributed by atoms with Crippen molar-refractivity contribution in [2.75, 3.05) is 12.3 Å². The standard InChI is InChI=1S/C19H18N4OS/c1-13-10-14(2)21-19(16(13)11-20)25-12-18(24)23-9-8-17(22-23)15-6-4-3-5-7-15/h3-7,10H,8-9,12H2,1-2H3. The summed E-state index contributed by atoms with van der Waals surface area (Å²) < 4.78 is 0. The molecule has 1 aliphatic heterocycles. The molecule has 1 aromatic heterocycles. The van der Waals surface area contributed by atoms with E-state index in [0.29, 0.717) is 17.1 Å². The number of carbonyl (C=O) groups is 1. The molecule has 1 aliphatic rings. The Morgan fingerprint density at radius 1 is 1.32 bits per heavy atom. The molecule has 126 valence electrons. The van der Waals surface area contributed by atoms with E-state index in [0.717, 1.165) is 29.0 Å². The minimum Gasteiger partial charge on any atom is -0.272 e. The highest BCUT2D eigenvalue weighted by Crippen LogP contribution is 2.24. The quantitative estimate of drug-likeness (QED) is 0.793. The van der Waals surface area contributed by atoms with Gasteiger partial charge in [0, 0.05) is 12.1 Å². The van der Waals surface area contributed by atoms with Gasteiger partial charge in [-0.2, -0.15) is 10.4 Å². The lowest BCUT2D eigenvalue weighted by Gasteiger charge is -2.12. The zero-order valence-electron chi connectivity index (χ0n) is 14.2. The van der Waals surface area contributed by atoms with Crippen molar-refractivity contribution in [1.29, 1.82) is 5.26 Å². The highest BCUT2D eigenvalue weighted by atomic mass is 32.2. The number of thioether (sulfide) groups is 1. The Morgan fingerprint density at radius 3 is 2.80 bits per heavy atom. The van der Waals surface area contributed by atoms with Gasteiger partial charge in [-0.05, 0) is 31.0 Å². The van der Waals surface area contributed by atoms with E-state index in [2.05, 4.69) is 16.2 Å². The Labute approximate surface area is 151 Å². The first kappa shape index (κ1) is 17.2. The molecule has 3 rings (SSSR count). The Bertz CT molecular complexity index is 871. The molecular formula is C19H18N4OS. The van der Waals surface area contributed by atoms with Gasteiger partial charge in [0.25, 0.3) is 5.91 Å². The average Bonchev–Trinajstić information content (AvgIpc) is 3.10. The summed E-state index contributed by atoms with van der Waals surface area (Å²) in [7, 11) is 0. The van der Waals surface area contributed by atoms with Crippen LogP contribution < -0.4 is 0 Å². The first-order chi connectivity index (χ1) is 12.1. The Morgan fingerprint density at radius 2 is 2.08 bits per heavy atom. The maximum absolute atomic E-state index is 12.5. The van der Waals surface area contributed by atoms with Crippen LogP contribution in [0.2, 0.25) is 0 Å². The average molecular weight is 350 g/mol. The highest BCUT2D eigenvalue weighted by Gasteiger charge is 2.22. The fraction of sp³-hybridized carbons (Fsp3) is 0.263. The number of nitrogens with zero attached hydrogens (tertiary/aromatic N) is 4. The number of benzene rings is 1. The minimum absolute atomic E-state index is 0.0687. The SMILES string of the molecule is Cc1cc(C)c(C#N)c(SCC(=O)N2CCC(c3ccccc3)=N2)n1. The fourth-order valence-electron chi connectivity index (χ4n) is 2.72. The van der Waals surface area contributed by atoms with Crippen molar-refractivity contribution < 1.29 is 4.79 Å². The smallest absolute Gasteiger partial charge is 0.253 e. The van der Waals surface area contributed by atoms with Crippen molar-refractivity contribution in [3.63, 3.8) is 0 Å². The third-order valence-electron chi connectivity index (χ3n) is 3.95. The topological polar surface area (TPSA) is 69.3 Å². The molecule has 0 atom stereocenters. The fourth-order valence-corrected chi connectivity index (χ4v) is 3.69. The van der Waals surface area contributed by atoms with Gasteiger partial charge < -0.3 is 0 Å². The molecule has 0 radical (unpaired) electrons. The summed E-state index contributed by atoms with van der Waals surface area (Å²) in [4.78, 5) is 16.9. The molecule has 2 aromatic rings. The maximum atomic E-state index is 12.5. The van der Waals surface area contributed by atoms with Crippen molar-refractivity contribution in [1.82, 2.24) is 9.99 Å². The number of hydrogen-bond donors (Lipinski definition) is 0. The van der Waals surface area contributed by atoms with E-state index >= 15 is 0 Å². The van der Waals surface area contributed by atoms with Gasteiger partial charge >= 0.3 is 0 Å². The second kappa shape index (κ2) is 7.49. The van der Waals surface area contributed by atoms with Crippen molar-refractivity contribution in [3.8, 4) is 6.07 Å². The molecule has 2 heterocycles. The highest BCUT2D eigenvalue weighted by molar-refractivity contribution is 8.00. The van der Waals surface area contributed by atoms with Gasteiger partial charge in [-0.15, -0.1) is 0 Å². The number of nitriles is 1. The number of rotatable bonds is 4. The number of aryl methyl sites for hydroxylation is 2.